The van der Waals surface area contributed by atoms with Gasteiger partial charge in [-0.05, 0) is 12.5 Å². The Hall–Kier alpha value is -1.95. The summed E-state index contributed by atoms with van der Waals surface area (Å²) in [5.74, 6) is -0.428. The Labute approximate surface area is 108 Å². The van der Waals surface area contributed by atoms with Crippen molar-refractivity contribution in [3.8, 4) is 5.88 Å². The van der Waals surface area contributed by atoms with Gasteiger partial charge in [0.25, 0.3) is 0 Å². The molecule has 5 nitrogen and oxygen atoms in total. The van der Waals surface area contributed by atoms with Gasteiger partial charge in [0.05, 0.1) is 12.1 Å². The zero-order chi connectivity index (χ0) is 13.1. The average molecular weight is 264 g/mol. The van der Waals surface area contributed by atoms with Gasteiger partial charge in [-0.2, -0.15) is 0 Å². The summed E-state index contributed by atoms with van der Waals surface area (Å²) in [6.07, 6.45) is 2.28. The van der Waals surface area contributed by atoms with Gasteiger partial charge in [0.15, 0.2) is 5.69 Å². The Morgan fingerprint density at radius 1 is 1.50 bits per heavy atom. The Kier molecular flexibility index (Phi) is 3.57. The first-order valence-corrected chi connectivity index (χ1v) is 6.10. The summed E-state index contributed by atoms with van der Waals surface area (Å²) >= 11 is 1.40. The van der Waals surface area contributed by atoms with Crippen molar-refractivity contribution in [1.29, 1.82) is 0 Å². The Balaban J connectivity index is 2.18. The van der Waals surface area contributed by atoms with E-state index in [2.05, 4.69) is 9.97 Å². The van der Waals surface area contributed by atoms with E-state index >= 15 is 0 Å². The molecular weight excluding hydrogens is 252 g/mol. The maximum Gasteiger partial charge on any atom is 0.355 e. The van der Waals surface area contributed by atoms with E-state index in [1.165, 1.54) is 11.3 Å². The van der Waals surface area contributed by atoms with Crippen LogP contribution in [-0.4, -0.2) is 28.2 Å². The first kappa shape index (κ1) is 12.5. The molecule has 6 heteroatoms. The molecule has 0 aliphatic heterocycles. The van der Waals surface area contributed by atoms with Crippen molar-refractivity contribution in [2.45, 2.75) is 13.3 Å². The van der Waals surface area contributed by atoms with Crippen LogP contribution in [0, 0.1) is 6.92 Å². The van der Waals surface area contributed by atoms with Crippen molar-refractivity contribution in [2.75, 3.05) is 7.11 Å². The third kappa shape index (κ3) is 2.65. The average Bonchev–Trinajstić information content (AvgIpc) is 2.71. The second-order valence-corrected chi connectivity index (χ2v) is 4.99. The molecule has 0 spiro atoms. The van der Waals surface area contributed by atoms with Gasteiger partial charge in [-0.3, -0.25) is 0 Å². The molecule has 1 N–H and O–H groups in total. The molecule has 0 unspecified atom stereocenters. The fourth-order valence-corrected chi connectivity index (χ4v) is 2.50. The molecule has 0 fully saturated rings. The number of nitrogens with zero attached hydrogens (tertiary/aromatic N) is 2. The number of carboxylic acid groups (broad SMARTS) is 1. The molecule has 0 aliphatic rings. The van der Waals surface area contributed by atoms with Crippen LogP contribution in [0.3, 0.4) is 0 Å². The predicted molar refractivity (Wildman–Crippen MR) is 67.4 cm³/mol. The molecule has 0 saturated carbocycles. The van der Waals surface area contributed by atoms with Crippen molar-refractivity contribution in [1.82, 2.24) is 9.97 Å². The summed E-state index contributed by atoms with van der Waals surface area (Å²) in [6, 6.07) is 3.66. The number of hydrogen-bond acceptors (Lipinski definition) is 5. The van der Waals surface area contributed by atoms with Crippen LogP contribution in [0.2, 0.25) is 0 Å². The topological polar surface area (TPSA) is 72.3 Å². The number of hydrogen-bond donors (Lipinski definition) is 1. The van der Waals surface area contributed by atoms with Crippen molar-refractivity contribution >= 4 is 17.3 Å². The molecule has 0 radical (unpaired) electrons. The lowest BCUT2D eigenvalue weighted by molar-refractivity contribution is 0.0690. The maximum absolute atomic E-state index is 10.9. The second-order valence-electron chi connectivity index (χ2n) is 3.70. The fraction of sp³-hybridized carbons (Fsp3) is 0.250. The van der Waals surface area contributed by atoms with E-state index in [1.807, 2.05) is 6.07 Å². The lowest BCUT2D eigenvalue weighted by Gasteiger charge is -2.00. The zero-order valence-electron chi connectivity index (χ0n) is 10.0. The lowest BCUT2D eigenvalue weighted by Crippen LogP contribution is -1.99. The zero-order valence-corrected chi connectivity index (χ0v) is 10.8. The van der Waals surface area contributed by atoms with Crippen molar-refractivity contribution in [3.05, 3.63) is 39.5 Å². The number of carboxylic acids is 1. The molecule has 2 aromatic rings. The second kappa shape index (κ2) is 5.14. The largest absolute Gasteiger partial charge is 0.481 e. The van der Waals surface area contributed by atoms with Gasteiger partial charge in [-0.15, -0.1) is 11.3 Å². The third-order valence-corrected chi connectivity index (χ3v) is 3.38. The molecule has 0 amide bonds. The summed E-state index contributed by atoms with van der Waals surface area (Å²) in [5.41, 5.74) is 1.11. The minimum Gasteiger partial charge on any atom is -0.481 e. The number of pyridine rings is 1. The Morgan fingerprint density at radius 2 is 2.28 bits per heavy atom. The Morgan fingerprint density at radius 3 is 2.78 bits per heavy atom. The van der Waals surface area contributed by atoms with Crippen LogP contribution in [0.1, 0.15) is 25.9 Å². The standard InChI is InChI=1S/C12H12N2O3S/c1-7-11(12(15)16)14-10(18-7)5-8-3-4-9(17-2)13-6-8/h3-4,6H,5H2,1-2H3,(H,15,16). The highest BCUT2D eigenvalue weighted by molar-refractivity contribution is 7.11. The van der Waals surface area contributed by atoms with Gasteiger partial charge in [0, 0.05) is 23.6 Å². The van der Waals surface area contributed by atoms with E-state index in [4.69, 9.17) is 9.84 Å². The van der Waals surface area contributed by atoms with Crippen LogP contribution in [0.5, 0.6) is 5.88 Å². The van der Waals surface area contributed by atoms with Gasteiger partial charge in [0.2, 0.25) is 5.88 Å². The van der Waals surface area contributed by atoms with E-state index in [0.717, 1.165) is 15.4 Å². The highest BCUT2D eigenvalue weighted by atomic mass is 32.1. The summed E-state index contributed by atoms with van der Waals surface area (Å²) in [4.78, 5) is 19.8. The van der Waals surface area contributed by atoms with Crippen molar-refractivity contribution in [3.63, 3.8) is 0 Å². The van der Waals surface area contributed by atoms with Gasteiger partial charge in [-0.25, -0.2) is 14.8 Å². The SMILES string of the molecule is COc1ccc(Cc2nc(C(=O)O)c(C)s2)cn1. The molecule has 2 heterocycles. The first-order chi connectivity index (χ1) is 8.60. The number of carbonyl (C=O) groups is 1. The fourth-order valence-electron chi connectivity index (χ4n) is 1.54. The highest BCUT2D eigenvalue weighted by Crippen LogP contribution is 2.20. The van der Waals surface area contributed by atoms with Crippen molar-refractivity contribution < 1.29 is 14.6 Å². The monoisotopic (exact) mass is 264 g/mol. The molecule has 0 bridgehead atoms. The number of aryl methyl sites for hydroxylation is 1. The molecule has 18 heavy (non-hydrogen) atoms. The minimum atomic E-state index is -0.983. The molecular formula is C12H12N2O3S. The van der Waals surface area contributed by atoms with Crippen LogP contribution in [-0.2, 0) is 6.42 Å². The predicted octanol–water partition coefficient (Wildman–Crippen LogP) is 2.14. The summed E-state index contributed by atoms with van der Waals surface area (Å²) in [5, 5.41) is 9.70. The summed E-state index contributed by atoms with van der Waals surface area (Å²) in [7, 11) is 1.56. The quantitative estimate of drug-likeness (QED) is 0.916. The molecule has 94 valence electrons. The van der Waals surface area contributed by atoms with Crippen LogP contribution >= 0.6 is 11.3 Å². The van der Waals surface area contributed by atoms with E-state index in [0.29, 0.717) is 12.3 Å². The molecule has 0 aliphatic carbocycles. The number of ether oxygens (including phenoxy) is 1. The number of aromatic carboxylic acids is 1. The first-order valence-electron chi connectivity index (χ1n) is 5.28. The lowest BCUT2D eigenvalue weighted by atomic mass is 10.2. The molecule has 0 aromatic carbocycles. The van der Waals surface area contributed by atoms with Gasteiger partial charge in [0.1, 0.15) is 0 Å². The van der Waals surface area contributed by atoms with Gasteiger partial charge >= 0.3 is 5.97 Å². The molecule has 2 rings (SSSR count). The van der Waals surface area contributed by atoms with E-state index in [1.54, 1.807) is 26.3 Å². The third-order valence-electron chi connectivity index (χ3n) is 2.41. The minimum absolute atomic E-state index is 0.136. The van der Waals surface area contributed by atoms with Crippen LogP contribution in [0.15, 0.2) is 18.3 Å². The molecule has 0 atom stereocenters. The van der Waals surface area contributed by atoms with Gasteiger partial charge in [-0.1, -0.05) is 6.07 Å². The number of rotatable bonds is 4. The normalized spacial score (nSPS) is 10.3. The molecule has 2 aromatic heterocycles. The number of methoxy groups -OCH3 is 1. The molecule has 0 saturated heterocycles. The van der Waals surface area contributed by atoms with E-state index in [-0.39, 0.29) is 5.69 Å². The maximum atomic E-state index is 10.9. The number of aromatic nitrogens is 2. The van der Waals surface area contributed by atoms with Gasteiger partial charge < -0.3 is 9.84 Å². The van der Waals surface area contributed by atoms with Crippen LogP contribution in [0.25, 0.3) is 0 Å². The van der Waals surface area contributed by atoms with E-state index in [9.17, 15) is 4.79 Å². The number of thiazole rings is 1. The van der Waals surface area contributed by atoms with Crippen molar-refractivity contribution in [2.24, 2.45) is 0 Å². The Bertz CT molecular complexity index is 563. The van der Waals surface area contributed by atoms with Crippen LogP contribution < -0.4 is 4.74 Å². The highest BCUT2D eigenvalue weighted by Gasteiger charge is 2.14. The van der Waals surface area contributed by atoms with Crippen LogP contribution in [0.4, 0.5) is 0 Å². The smallest absolute Gasteiger partial charge is 0.355 e. The summed E-state index contributed by atoms with van der Waals surface area (Å²) in [6.45, 7) is 1.76. The summed E-state index contributed by atoms with van der Waals surface area (Å²) < 4.78 is 4.97. The van der Waals surface area contributed by atoms with E-state index < -0.39 is 5.97 Å².